The quantitative estimate of drug-likeness (QED) is 0.641. The zero-order chi connectivity index (χ0) is 10.6. The summed E-state index contributed by atoms with van der Waals surface area (Å²) < 4.78 is 1.34. The van der Waals surface area contributed by atoms with Crippen molar-refractivity contribution in [2.24, 2.45) is 10.7 Å². The summed E-state index contributed by atoms with van der Waals surface area (Å²) in [6.07, 6.45) is 0. The van der Waals surface area contributed by atoms with Gasteiger partial charge in [0.1, 0.15) is 0 Å². The van der Waals surface area contributed by atoms with Crippen LogP contribution < -0.4 is 11.1 Å². The molecule has 6 heteroatoms. The Bertz CT molecular complexity index is 335. The summed E-state index contributed by atoms with van der Waals surface area (Å²) >= 11 is 13.0. The minimum Gasteiger partial charge on any atom is -0.370 e. The highest BCUT2D eigenvalue weighted by Gasteiger charge is 2.04. The molecule has 78 valence electrons. The van der Waals surface area contributed by atoms with Crippen LogP contribution in [0, 0.1) is 0 Å². The molecule has 1 aromatic rings. The first-order chi connectivity index (χ1) is 6.63. The third kappa shape index (κ3) is 3.36. The van der Waals surface area contributed by atoms with E-state index in [2.05, 4.69) is 10.3 Å². The second-order valence-corrected chi connectivity index (χ2v) is 4.87. The van der Waals surface area contributed by atoms with Crippen molar-refractivity contribution in [3.8, 4) is 0 Å². The molecule has 0 radical (unpaired) electrons. The molecule has 1 heterocycles. The SMILES string of the molecule is CCNC(N)=NCc1cc(Cl)sc1Cl. The molecule has 3 N–H and O–H groups in total. The molecule has 0 spiro atoms. The van der Waals surface area contributed by atoms with Crippen molar-refractivity contribution in [1.82, 2.24) is 5.32 Å². The molecule has 0 unspecified atom stereocenters. The predicted molar refractivity (Wildman–Crippen MR) is 63.3 cm³/mol. The molecule has 1 rings (SSSR count). The maximum atomic E-state index is 5.91. The Hall–Kier alpha value is -0.450. The van der Waals surface area contributed by atoms with Crippen LogP contribution in [0.5, 0.6) is 0 Å². The number of nitrogens with one attached hydrogen (secondary N) is 1. The number of nitrogens with zero attached hydrogens (tertiary/aromatic N) is 1. The maximum absolute atomic E-state index is 5.91. The lowest BCUT2D eigenvalue weighted by Gasteiger charge is -2.00. The smallest absolute Gasteiger partial charge is 0.188 e. The van der Waals surface area contributed by atoms with E-state index in [1.54, 1.807) is 6.07 Å². The van der Waals surface area contributed by atoms with Crippen molar-refractivity contribution in [3.05, 3.63) is 20.3 Å². The van der Waals surface area contributed by atoms with Crippen LogP contribution in [0.4, 0.5) is 0 Å². The standard InChI is InChI=1S/C8H11Cl2N3S/c1-2-12-8(11)13-4-5-3-6(9)14-7(5)10/h3H,2,4H2,1H3,(H3,11,12,13). The molecule has 0 bridgehead atoms. The van der Waals surface area contributed by atoms with Gasteiger partial charge in [-0.1, -0.05) is 23.2 Å². The first-order valence-electron chi connectivity index (χ1n) is 4.11. The molecule has 0 saturated heterocycles. The largest absolute Gasteiger partial charge is 0.370 e. The van der Waals surface area contributed by atoms with Crippen LogP contribution in [-0.4, -0.2) is 12.5 Å². The molecular weight excluding hydrogens is 241 g/mol. The molecule has 0 amide bonds. The zero-order valence-electron chi connectivity index (χ0n) is 7.68. The summed E-state index contributed by atoms with van der Waals surface area (Å²) in [7, 11) is 0. The van der Waals surface area contributed by atoms with Crippen LogP contribution in [0.15, 0.2) is 11.1 Å². The number of nitrogens with two attached hydrogens (primary N) is 1. The molecule has 0 aliphatic carbocycles. The second-order valence-electron chi connectivity index (χ2n) is 2.58. The van der Waals surface area contributed by atoms with Crippen molar-refractivity contribution in [2.75, 3.05) is 6.54 Å². The van der Waals surface area contributed by atoms with E-state index in [9.17, 15) is 0 Å². The number of hydrogen-bond acceptors (Lipinski definition) is 2. The second kappa shape index (κ2) is 5.44. The number of guanidine groups is 1. The van der Waals surface area contributed by atoms with E-state index in [4.69, 9.17) is 28.9 Å². The Morgan fingerprint density at radius 3 is 2.86 bits per heavy atom. The lowest BCUT2D eigenvalue weighted by molar-refractivity contribution is 0.926. The fraction of sp³-hybridized carbons (Fsp3) is 0.375. The summed E-state index contributed by atoms with van der Waals surface area (Å²) in [5.74, 6) is 0.422. The van der Waals surface area contributed by atoms with Crippen molar-refractivity contribution in [2.45, 2.75) is 13.5 Å². The summed E-state index contributed by atoms with van der Waals surface area (Å²) in [6.45, 7) is 3.17. The molecule has 3 nitrogen and oxygen atoms in total. The Morgan fingerprint density at radius 1 is 1.64 bits per heavy atom. The van der Waals surface area contributed by atoms with Gasteiger partial charge in [-0.3, -0.25) is 0 Å². The van der Waals surface area contributed by atoms with Gasteiger partial charge in [-0.25, -0.2) is 4.99 Å². The number of aliphatic imine (C=N–C) groups is 1. The monoisotopic (exact) mass is 251 g/mol. The van der Waals surface area contributed by atoms with Crippen LogP contribution in [0.3, 0.4) is 0 Å². The Kier molecular flexibility index (Phi) is 4.51. The topological polar surface area (TPSA) is 50.4 Å². The van der Waals surface area contributed by atoms with Crippen LogP contribution in [-0.2, 0) is 6.54 Å². The van der Waals surface area contributed by atoms with E-state index in [1.807, 2.05) is 6.92 Å². The third-order valence-electron chi connectivity index (χ3n) is 1.50. The summed E-state index contributed by atoms with van der Waals surface area (Å²) in [4.78, 5) is 4.11. The van der Waals surface area contributed by atoms with Crippen molar-refractivity contribution < 1.29 is 0 Å². The van der Waals surface area contributed by atoms with E-state index in [-0.39, 0.29) is 0 Å². The van der Waals surface area contributed by atoms with Crippen molar-refractivity contribution >= 4 is 40.5 Å². The van der Waals surface area contributed by atoms with E-state index in [1.165, 1.54) is 11.3 Å². The fourth-order valence-corrected chi connectivity index (χ4v) is 2.36. The number of hydrogen-bond donors (Lipinski definition) is 2. The highest BCUT2D eigenvalue weighted by Crippen LogP contribution is 2.31. The molecule has 0 fully saturated rings. The molecular formula is C8H11Cl2N3S. The lowest BCUT2D eigenvalue weighted by Crippen LogP contribution is -2.31. The molecule has 1 aromatic heterocycles. The Balaban J connectivity index is 2.61. The van der Waals surface area contributed by atoms with Gasteiger partial charge < -0.3 is 11.1 Å². The predicted octanol–water partition coefficient (Wildman–Crippen LogP) is 2.48. The molecule has 14 heavy (non-hydrogen) atoms. The van der Waals surface area contributed by atoms with Gasteiger partial charge in [-0.2, -0.15) is 0 Å². The van der Waals surface area contributed by atoms with Crippen molar-refractivity contribution in [3.63, 3.8) is 0 Å². The third-order valence-corrected chi connectivity index (χ3v) is 3.07. The van der Waals surface area contributed by atoms with Gasteiger partial charge in [-0.05, 0) is 13.0 Å². The van der Waals surface area contributed by atoms with Crippen LogP contribution in [0.25, 0.3) is 0 Å². The van der Waals surface area contributed by atoms with Gasteiger partial charge in [0.2, 0.25) is 0 Å². The fourth-order valence-electron chi connectivity index (χ4n) is 0.889. The van der Waals surface area contributed by atoms with E-state index in [0.29, 0.717) is 21.2 Å². The first kappa shape index (κ1) is 11.6. The van der Waals surface area contributed by atoms with Gasteiger partial charge in [0.25, 0.3) is 0 Å². The summed E-state index contributed by atoms with van der Waals surface area (Å²) in [6, 6.07) is 1.80. The molecule has 0 aliphatic heterocycles. The first-order valence-corrected chi connectivity index (χ1v) is 5.68. The van der Waals surface area contributed by atoms with E-state index < -0.39 is 0 Å². The van der Waals surface area contributed by atoms with Crippen molar-refractivity contribution in [1.29, 1.82) is 0 Å². The Morgan fingerprint density at radius 2 is 2.36 bits per heavy atom. The molecule has 0 aromatic carbocycles. The van der Waals surface area contributed by atoms with Gasteiger partial charge in [-0.15, -0.1) is 11.3 Å². The summed E-state index contributed by atoms with van der Waals surface area (Å²) in [5.41, 5.74) is 6.46. The number of rotatable bonds is 3. The maximum Gasteiger partial charge on any atom is 0.188 e. The van der Waals surface area contributed by atoms with Crippen LogP contribution in [0.2, 0.25) is 8.67 Å². The average molecular weight is 252 g/mol. The van der Waals surface area contributed by atoms with E-state index >= 15 is 0 Å². The zero-order valence-corrected chi connectivity index (χ0v) is 10.0. The van der Waals surface area contributed by atoms with Crippen LogP contribution >= 0.6 is 34.5 Å². The minimum absolute atomic E-state index is 0.422. The molecule has 0 aliphatic rings. The van der Waals surface area contributed by atoms with Gasteiger partial charge in [0.15, 0.2) is 5.96 Å². The van der Waals surface area contributed by atoms with Crippen LogP contribution in [0.1, 0.15) is 12.5 Å². The summed E-state index contributed by atoms with van der Waals surface area (Å²) in [5, 5.41) is 2.90. The molecule has 0 atom stereocenters. The highest BCUT2D eigenvalue weighted by molar-refractivity contribution is 7.20. The van der Waals surface area contributed by atoms with Gasteiger partial charge in [0.05, 0.1) is 15.2 Å². The van der Waals surface area contributed by atoms with Gasteiger partial charge >= 0.3 is 0 Å². The number of halogens is 2. The minimum atomic E-state index is 0.422. The number of thiophene rings is 1. The molecule has 0 saturated carbocycles. The highest BCUT2D eigenvalue weighted by atomic mass is 35.5. The van der Waals surface area contributed by atoms with E-state index in [0.717, 1.165) is 12.1 Å². The van der Waals surface area contributed by atoms with Gasteiger partial charge in [0, 0.05) is 12.1 Å². The lowest BCUT2D eigenvalue weighted by atomic mass is 10.3. The Labute approximate surface area is 96.9 Å². The average Bonchev–Trinajstić information content (AvgIpc) is 2.42. The normalized spacial score (nSPS) is 11.8.